The Bertz CT molecular complexity index is 218. The second-order valence-corrected chi connectivity index (χ2v) is 5.49. The highest BCUT2D eigenvalue weighted by Gasteiger charge is 2.15. The van der Waals surface area contributed by atoms with Crippen molar-refractivity contribution in [3.05, 3.63) is 0 Å². The van der Waals surface area contributed by atoms with Crippen LogP contribution >= 0.6 is 0 Å². The number of hydrogen-bond donors (Lipinski definition) is 2. The van der Waals surface area contributed by atoms with Gasteiger partial charge in [0.05, 0.1) is 6.54 Å². The zero-order valence-electron chi connectivity index (χ0n) is 10.6. The normalized spacial score (nSPS) is 21.1. The van der Waals surface area contributed by atoms with E-state index < -0.39 is 0 Å². The van der Waals surface area contributed by atoms with Crippen molar-refractivity contribution in [2.24, 2.45) is 5.92 Å². The zero-order valence-corrected chi connectivity index (χ0v) is 10.6. The number of hydrogen-bond acceptors (Lipinski definition) is 3. The number of nitrogens with one attached hydrogen (secondary N) is 2. The van der Waals surface area contributed by atoms with Crippen LogP contribution in [0.2, 0.25) is 0 Å². The van der Waals surface area contributed by atoms with E-state index in [0.717, 1.165) is 32.6 Å². The highest BCUT2D eigenvalue weighted by Crippen LogP contribution is 2.14. The van der Waals surface area contributed by atoms with Crippen LogP contribution in [-0.2, 0) is 9.53 Å². The van der Waals surface area contributed by atoms with Gasteiger partial charge in [0.2, 0.25) is 5.91 Å². The summed E-state index contributed by atoms with van der Waals surface area (Å²) in [6.07, 6.45) is 2.26. The molecule has 0 aromatic carbocycles. The van der Waals surface area contributed by atoms with Crippen LogP contribution < -0.4 is 10.6 Å². The highest BCUT2D eigenvalue weighted by atomic mass is 16.5. The average molecular weight is 228 g/mol. The van der Waals surface area contributed by atoms with Crippen LogP contribution in [0.15, 0.2) is 0 Å². The Hall–Kier alpha value is -0.610. The molecular weight excluding hydrogens is 204 g/mol. The fourth-order valence-corrected chi connectivity index (χ4v) is 1.78. The van der Waals surface area contributed by atoms with Gasteiger partial charge in [-0.25, -0.2) is 0 Å². The summed E-state index contributed by atoms with van der Waals surface area (Å²) in [5.74, 6) is 0.744. The second-order valence-electron chi connectivity index (χ2n) is 5.49. The first kappa shape index (κ1) is 13.5. The molecule has 0 aromatic rings. The van der Waals surface area contributed by atoms with Gasteiger partial charge in [0.15, 0.2) is 0 Å². The monoisotopic (exact) mass is 228 g/mol. The van der Waals surface area contributed by atoms with Gasteiger partial charge in [-0.1, -0.05) is 0 Å². The molecule has 16 heavy (non-hydrogen) atoms. The fourth-order valence-electron chi connectivity index (χ4n) is 1.78. The summed E-state index contributed by atoms with van der Waals surface area (Å²) in [5.41, 5.74) is -0.141. The fraction of sp³-hybridized carbons (Fsp3) is 0.917. The third-order valence-electron chi connectivity index (χ3n) is 2.55. The molecule has 1 saturated heterocycles. The van der Waals surface area contributed by atoms with E-state index >= 15 is 0 Å². The second kappa shape index (κ2) is 6.21. The molecule has 1 aliphatic heterocycles. The van der Waals surface area contributed by atoms with Gasteiger partial charge in [-0.2, -0.15) is 0 Å². The molecule has 0 bridgehead atoms. The quantitative estimate of drug-likeness (QED) is 0.688. The van der Waals surface area contributed by atoms with E-state index in [4.69, 9.17) is 4.74 Å². The molecule has 4 nitrogen and oxygen atoms in total. The third kappa shape index (κ3) is 6.08. The Labute approximate surface area is 98.1 Å². The molecule has 2 N–H and O–H groups in total. The van der Waals surface area contributed by atoms with Crippen molar-refractivity contribution in [3.8, 4) is 0 Å². The Morgan fingerprint density at radius 1 is 1.44 bits per heavy atom. The van der Waals surface area contributed by atoms with Gasteiger partial charge >= 0.3 is 0 Å². The van der Waals surface area contributed by atoms with Gasteiger partial charge in [0.25, 0.3) is 0 Å². The minimum Gasteiger partial charge on any atom is -0.381 e. The van der Waals surface area contributed by atoms with E-state index in [0.29, 0.717) is 12.5 Å². The predicted octanol–water partition coefficient (Wildman–Crippen LogP) is 0.917. The van der Waals surface area contributed by atoms with Gasteiger partial charge in [-0.05, 0) is 46.1 Å². The van der Waals surface area contributed by atoms with E-state index in [1.165, 1.54) is 0 Å². The summed E-state index contributed by atoms with van der Waals surface area (Å²) in [5, 5.41) is 6.09. The molecule has 1 rings (SSSR count). The summed E-state index contributed by atoms with van der Waals surface area (Å²) in [6.45, 7) is 9.05. The van der Waals surface area contributed by atoms with E-state index in [1.807, 2.05) is 20.8 Å². The lowest BCUT2D eigenvalue weighted by molar-refractivity contribution is -0.121. The van der Waals surface area contributed by atoms with E-state index in [2.05, 4.69) is 10.6 Å². The largest absolute Gasteiger partial charge is 0.381 e. The molecule has 0 saturated carbocycles. The van der Waals surface area contributed by atoms with Crippen LogP contribution in [0.1, 0.15) is 33.6 Å². The van der Waals surface area contributed by atoms with Crippen LogP contribution in [-0.4, -0.2) is 37.7 Å². The lowest BCUT2D eigenvalue weighted by atomic mass is 10.1. The molecule has 4 heteroatoms. The smallest absolute Gasteiger partial charge is 0.234 e. The first-order chi connectivity index (χ1) is 7.47. The standard InChI is InChI=1S/C12H24N2O2/c1-12(2,3)14-11(15)8-13-6-4-10-5-7-16-9-10/h10,13H,4-9H2,1-3H3,(H,14,15). The van der Waals surface area contributed by atoms with E-state index in [9.17, 15) is 4.79 Å². The van der Waals surface area contributed by atoms with Gasteiger partial charge in [-0.15, -0.1) is 0 Å². The summed E-state index contributed by atoms with van der Waals surface area (Å²) >= 11 is 0. The summed E-state index contributed by atoms with van der Waals surface area (Å²) in [7, 11) is 0. The third-order valence-corrected chi connectivity index (χ3v) is 2.55. The van der Waals surface area contributed by atoms with Gasteiger partial charge in [0.1, 0.15) is 0 Å². The Morgan fingerprint density at radius 2 is 2.19 bits per heavy atom. The minimum atomic E-state index is -0.141. The molecule has 0 aromatic heterocycles. The maximum atomic E-state index is 11.5. The van der Waals surface area contributed by atoms with Crippen LogP contribution in [0.25, 0.3) is 0 Å². The molecule has 1 fully saturated rings. The summed E-state index contributed by atoms with van der Waals surface area (Å²) < 4.78 is 5.29. The van der Waals surface area contributed by atoms with Gasteiger partial charge in [0, 0.05) is 18.8 Å². The molecular formula is C12H24N2O2. The van der Waals surface area contributed by atoms with Crippen LogP contribution in [0.5, 0.6) is 0 Å². The minimum absolute atomic E-state index is 0.0650. The van der Waals surface area contributed by atoms with Crippen LogP contribution in [0.3, 0.4) is 0 Å². The maximum absolute atomic E-state index is 11.5. The van der Waals surface area contributed by atoms with Crippen molar-refractivity contribution in [1.29, 1.82) is 0 Å². The van der Waals surface area contributed by atoms with E-state index in [1.54, 1.807) is 0 Å². The predicted molar refractivity (Wildman–Crippen MR) is 64.3 cm³/mol. The highest BCUT2D eigenvalue weighted by molar-refractivity contribution is 5.78. The first-order valence-corrected chi connectivity index (χ1v) is 6.07. The lowest BCUT2D eigenvalue weighted by Gasteiger charge is -2.20. The zero-order chi connectivity index (χ0) is 12.0. The molecule has 1 atom stereocenters. The lowest BCUT2D eigenvalue weighted by Crippen LogP contribution is -2.45. The molecule has 0 spiro atoms. The number of ether oxygens (including phenoxy) is 1. The summed E-state index contributed by atoms with van der Waals surface area (Å²) in [6, 6.07) is 0. The average Bonchev–Trinajstić information content (AvgIpc) is 2.62. The first-order valence-electron chi connectivity index (χ1n) is 6.07. The number of amides is 1. The topological polar surface area (TPSA) is 50.4 Å². The van der Waals surface area contributed by atoms with E-state index in [-0.39, 0.29) is 11.4 Å². The summed E-state index contributed by atoms with van der Waals surface area (Å²) in [4.78, 5) is 11.5. The number of rotatable bonds is 5. The van der Waals surface area contributed by atoms with Crippen LogP contribution in [0.4, 0.5) is 0 Å². The van der Waals surface area contributed by atoms with Crippen molar-refractivity contribution in [2.45, 2.75) is 39.2 Å². The molecule has 1 aliphatic rings. The van der Waals surface area contributed by atoms with Crippen molar-refractivity contribution in [1.82, 2.24) is 10.6 Å². The van der Waals surface area contributed by atoms with Gasteiger partial charge < -0.3 is 15.4 Å². The Balaban J connectivity index is 2.00. The molecule has 1 unspecified atom stereocenters. The molecule has 94 valence electrons. The van der Waals surface area contributed by atoms with Gasteiger partial charge in [-0.3, -0.25) is 4.79 Å². The number of carbonyl (C=O) groups excluding carboxylic acids is 1. The SMILES string of the molecule is CC(C)(C)NC(=O)CNCCC1CCOC1. The molecule has 0 radical (unpaired) electrons. The Morgan fingerprint density at radius 3 is 2.75 bits per heavy atom. The van der Waals surface area contributed by atoms with Crippen molar-refractivity contribution < 1.29 is 9.53 Å². The van der Waals surface area contributed by atoms with Crippen molar-refractivity contribution in [2.75, 3.05) is 26.3 Å². The molecule has 1 amide bonds. The van der Waals surface area contributed by atoms with Crippen molar-refractivity contribution >= 4 is 5.91 Å². The maximum Gasteiger partial charge on any atom is 0.234 e. The Kier molecular flexibility index (Phi) is 5.22. The molecule has 1 heterocycles. The van der Waals surface area contributed by atoms with Crippen molar-refractivity contribution in [3.63, 3.8) is 0 Å². The van der Waals surface area contributed by atoms with Crippen LogP contribution in [0, 0.1) is 5.92 Å². The molecule has 0 aliphatic carbocycles. The number of carbonyl (C=O) groups is 1.